The van der Waals surface area contributed by atoms with Crippen LogP contribution in [0.1, 0.15) is 0 Å². The molecule has 6 nitrogen and oxygen atoms in total. The minimum absolute atomic E-state index is 0.0405. The maximum Gasteiger partial charge on any atom is 0.231 e. The molecule has 0 radical (unpaired) electrons. The van der Waals surface area contributed by atoms with Gasteiger partial charge in [-0.2, -0.15) is 0 Å². The van der Waals surface area contributed by atoms with E-state index in [-0.39, 0.29) is 11.8 Å². The zero-order valence-electron chi connectivity index (χ0n) is 17.0. The molecule has 0 saturated carbocycles. The molecule has 2 heterocycles. The summed E-state index contributed by atoms with van der Waals surface area (Å²) in [7, 11) is 1.65. The quantitative estimate of drug-likeness (QED) is 0.444. The number of ether oxygens (including phenoxy) is 1. The summed E-state index contributed by atoms with van der Waals surface area (Å²) >= 11 is 1.63. The third-order valence-corrected chi connectivity index (χ3v) is 6.41. The summed E-state index contributed by atoms with van der Waals surface area (Å²) in [4.78, 5) is 19.5. The van der Waals surface area contributed by atoms with Gasteiger partial charge in [0.15, 0.2) is 5.13 Å². The molecule has 3 aromatic carbocycles. The van der Waals surface area contributed by atoms with Crippen molar-refractivity contribution < 1.29 is 9.53 Å². The lowest BCUT2D eigenvalue weighted by Crippen LogP contribution is -2.52. The van der Waals surface area contributed by atoms with Crippen molar-refractivity contribution in [3.8, 4) is 5.75 Å². The molecular weight excluding hydrogens is 408 g/mol. The summed E-state index contributed by atoms with van der Waals surface area (Å²) in [5.41, 5.74) is 3.68. The predicted octanol–water partition coefficient (Wildman–Crippen LogP) is 5.12. The van der Waals surface area contributed by atoms with Crippen LogP contribution in [-0.2, 0) is 4.79 Å². The SMILES string of the molecule is COc1cccc2sc(N3CC(C(=O)Nc4ccc(Nc5ccccc5)cc4)C3)nc12. The fourth-order valence-corrected chi connectivity index (χ4v) is 4.58. The highest BCUT2D eigenvalue weighted by Crippen LogP contribution is 2.36. The Hall–Kier alpha value is -3.58. The number of nitrogens with zero attached hydrogens (tertiary/aromatic N) is 2. The Balaban J connectivity index is 1.17. The minimum Gasteiger partial charge on any atom is -0.494 e. The van der Waals surface area contributed by atoms with Gasteiger partial charge in [-0.3, -0.25) is 4.79 Å². The van der Waals surface area contributed by atoms with Gasteiger partial charge in [-0.25, -0.2) is 4.98 Å². The lowest BCUT2D eigenvalue weighted by molar-refractivity contribution is -0.120. The highest BCUT2D eigenvalue weighted by atomic mass is 32.1. The number of aromatic nitrogens is 1. The molecule has 0 atom stereocenters. The van der Waals surface area contributed by atoms with Crippen LogP contribution in [0.25, 0.3) is 10.2 Å². The number of benzene rings is 3. The van der Waals surface area contributed by atoms with Gasteiger partial charge >= 0.3 is 0 Å². The van der Waals surface area contributed by atoms with Gasteiger partial charge in [-0.1, -0.05) is 35.6 Å². The molecule has 7 heteroatoms. The predicted molar refractivity (Wildman–Crippen MR) is 127 cm³/mol. The average Bonchev–Trinajstić information content (AvgIpc) is 3.18. The molecule has 1 aliphatic rings. The van der Waals surface area contributed by atoms with Crippen molar-refractivity contribution in [3.05, 3.63) is 72.8 Å². The summed E-state index contributed by atoms with van der Waals surface area (Å²) < 4.78 is 6.49. The molecule has 2 N–H and O–H groups in total. The van der Waals surface area contributed by atoms with Crippen molar-refractivity contribution in [1.29, 1.82) is 0 Å². The van der Waals surface area contributed by atoms with E-state index >= 15 is 0 Å². The van der Waals surface area contributed by atoms with E-state index in [1.54, 1.807) is 18.4 Å². The standard InChI is InChI=1S/C24H22N4O2S/c1-30-20-8-5-9-21-22(20)27-24(31-21)28-14-16(15-28)23(29)26-19-12-10-18(11-13-19)25-17-6-3-2-4-7-17/h2-13,16,25H,14-15H2,1H3,(H,26,29). The lowest BCUT2D eigenvalue weighted by Gasteiger charge is -2.37. The van der Waals surface area contributed by atoms with E-state index in [1.165, 1.54) is 0 Å². The third-order valence-electron chi connectivity index (χ3n) is 5.33. The highest BCUT2D eigenvalue weighted by Gasteiger charge is 2.34. The zero-order valence-corrected chi connectivity index (χ0v) is 17.9. The van der Waals surface area contributed by atoms with Crippen LogP contribution in [0.15, 0.2) is 72.8 Å². The summed E-state index contributed by atoms with van der Waals surface area (Å²) in [5.74, 6) is 0.773. The summed E-state index contributed by atoms with van der Waals surface area (Å²) in [6, 6.07) is 23.7. The molecule has 1 amide bonds. The smallest absolute Gasteiger partial charge is 0.231 e. The van der Waals surface area contributed by atoms with Gasteiger partial charge in [0.25, 0.3) is 0 Å². The molecular formula is C24H22N4O2S. The Morgan fingerprint density at radius 3 is 2.42 bits per heavy atom. The van der Waals surface area contributed by atoms with Crippen molar-refractivity contribution in [2.75, 3.05) is 35.7 Å². The molecule has 1 saturated heterocycles. The second-order valence-corrected chi connectivity index (χ2v) is 8.47. The Kier molecular flexibility index (Phi) is 5.18. The number of hydrogen-bond donors (Lipinski definition) is 2. The second-order valence-electron chi connectivity index (χ2n) is 7.46. The number of carbonyl (C=O) groups is 1. The first-order valence-corrected chi connectivity index (χ1v) is 10.9. The second kappa shape index (κ2) is 8.28. The molecule has 31 heavy (non-hydrogen) atoms. The van der Waals surface area contributed by atoms with Gasteiger partial charge in [-0.15, -0.1) is 0 Å². The van der Waals surface area contributed by atoms with E-state index in [0.717, 1.165) is 38.2 Å². The van der Waals surface area contributed by atoms with E-state index < -0.39 is 0 Å². The summed E-state index contributed by atoms with van der Waals surface area (Å²) in [5, 5.41) is 7.29. The number of thiazole rings is 1. The lowest BCUT2D eigenvalue weighted by atomic mass is 10.00. The van der Waals surface area contributed by atoms with Crippen LogP contribution >= 0.6 is 11.3 Å². The number of carbonyl (C=O) groups excluding carboxylic acids is 1. The largest absolute Gasteiger partial charge is 0.494 e. The van der Waals surface area contributed by atoms with Crippen LogP contribution < -0.4 is 20.3 Å². The Bertz CT molecular complexity index is 1200. The van der Waals surface area contributed by atoms with E-state index in [0.29, 0.717) is 13.1 Å². The number of methoxy groups -OCH3 is 1. The van der Waals surface area contributed by atoms with Gasteiger partial charge in [-0.05, 0) is 48.5 Å². The molecule has 0 aliphatic carbocycles. The normalized spacial score (nSPS) is 13.6. The molecule has 1 aliphatic heterocycles. The van der Waals surface area contributed by atoms with Crippen molar-refractivity contribution in [3.63, 3.8) is 0 Å². The minimum atomic E-state index is -0.0453. The van der Waals surface area contributed by atoms with Crippen LogP contribution in [-0.4, -0.2) is 31.1 Å². The first-order valence-electron chi connectivity index (χ1n) is 10.1. The van der Waals surface area contributed by atoms with Crippen molar-refractivity contribution >= 4 is 49.7 Å². The Labute approximate surface area is 184 Å². The van der Waals surface area contributed by atoms with Crippen molar-refractivity contribution in [2.24, 2.45) is 5.92 Å². The first-order chi connectivity index (χ1) is 15.2. The van der Waals surface area contributed by atoms with Gasteiger partial charge < -0.3 is 20.3 Å². The fourth-order valence-electron chi connectivity index (χ4n) is 3.58. The van der Waals surface area contributed by atoms with E-state index in [9.17, 15) is 4.79 Å². The van der Waals surface area contributed by atoms with Crippen molar-refractivity contribution in [2.45, 2.75) is 0 Å². The molecule has 1 fully saturated rings. The van der Waals surface area contributed by atoms with Gasteiger partial charge in [0, 0.05) is 30.2 Å². The molecule has 1 aromatic heterocycles. The third kappa shape index (κ3) is 4.04. The van der Waals surface area contributed by atoms with Gasteiger partial charge in [0.2, 0.25) is 5.91 Å². The maximum atomic E-state index is 12.6. The topological polar surface area (TPSA) is 66.5 Å². The molecule has 156 valence electrons. The average molecular weight is 431 g/mol. The molecule has 0 bridgehead atoms. The number of amides is 1. The van der Waals surface area contributed by atoms with Crippen LogP contribution in [0.4, 0.5) is 22.2 Å². The van der Waals surface area contributed by atoms with Crippen LogP contribution in [0.2, 0.25) is 0 Å². The van der Waals surface area contributed by atoms with Crippen LogP contribution in [0.5, 0.6) is 5.75 Å². The van der Waals surface area contributed by atoms with Gasteiger partial charge in [0.1, 0.15) is 11.3 Å². The number of fused-ring (bicyclic) bond motifs is 1. The Morgan fingerprint density at radius 2 is 1.68 bits per heavy atom. The van der Waals surface area contributed by atoms with Gasteiger partial charge in [0.05, 0.1) is 17.7 Å². The molecule has 5 rings (SSSR count). The van der Waals surface area contributed by atoms with E-state index in [4.69, 9.17) is 9.72 Å². The number of rotatable bonds is 6. The Morgan fingerprint density at radius 1 is 0.968 bits per heavy atom. The maximum absolute atomic E-state index is 12.6. The monoisotopic (exact) mass is 430 g/mol. The summed E-state index contributed by atoms with van der Waals surface area (Å²) in [6.45, 7) is 1.34. The number of nitrogens with one attached hydrogen (secondary N) is 2. The zero-order chi connectivity index (χ0) is 21.2. The molecule has 4 aromatic rings. The number of para-hydroxylation sites is 2. The number of anilines is 4. The molecule has 0 unspecified atom stereocenters. The van der Waals surface area contributed by atoms with Crippen LogP contribution in [0, 0.1) is 5.92 Å². The fraction of sp³-hybridized carbons (Fsp3) is 0.167. The van der Waals surface area contributed by atoms with E-state index in [1.807, 2.05) is 72.8 Å². The number of hydrogen-bond acceptors (Lipinski definition) is 6. The summed E-state index contributed by atoms with van der Waals surface area (Å²) in [6.07, 6.45) is 0. The molecule has 0 spiro atoms. The highest BCUT2D eigenvalue weighted by molar-refractivity contribution is 7.22. The van der Waals surface area contributed by atoms with Crippen LogP contribution in [0.3, 0.4) is 0 Å². The first kappa shape index (κ1) is 19.4. The van der Waals surface area contributed by atoms with E-state index in [2.05, 4.69) is 15.5 Å². The van der Waals surface area contributed by atoms with Crippen molar-refractivity contribution in [1.82, 2.24) is 4.98 Å².